The highest BCUT2D eigenvalue weighted by molar-refractivity contribution is 6.02. The second-order valence-corrected chi connectivity index (χ2v) is 34.0. The first-order chi connectivity index (χ1) is 59.4. The first kappa shape index (κ1) is 98.7. The number of phenolic OH excluding ortho intramolecular Hbond substituents is 1. The van der Waals surface area contributed by atoms with E-state index in [0.29, 0.717) is 58.8 Å². The fraction of sp³-hybridized carbons (Fsp3) is 0.568. The van der Waals surface area contributed by atoms with E-state index in [1.807, 2.05) is 50.2 Å². The number of hydrogen-bond acceptors (Lipinski definition) is 21. The highest BCUT2D eigenvalue weighted by atomic mass is 16.3. The maximum atomic E-state index is 15.7. The number of para-hydroxylation sites is 2. The highest BCUT2D eigenvalue weighted by Crippen LogP contribution is 2.29. The Morgan fingerprint density at radius 3 is 1.66 bits per heavy atom. The minimum atomic E-state index is -1.73. The number of aromatic amines is 2. The number of Topliss-reactive ketones (excluding diaryl/α,β-unsaturated/α-hetero) is 2. The van der Waals surface area contributed by atoms with E-state index in [9.17, 15) is 67.7 Å². The number of nitrogens with zero attached hydrogens (tertiary/aromatic N) is 4. The summed E-state index contributed by atoms with van der Waals surface area (Å²) in [6, 6.07) is 0.410. The number of H-pyrrole nitrogens is 2. The van der Waals surface area contributed by atoms with E-state index in [-0.39, 0.29) is 101 Å². The molecule has 3 aliphatic rings. The second kappa shape index (κ2) is 46.3. The molecule has 3 aliphatic heterocycles. The Hall–Kier alpha value is -11.7. The molecule has 0 aliphatic carbocycles. The molecule has 3 fully saturated rings. The van der Waals surface area contributed by atoms with Crippen LogP contribution in [0.5, 0.6) is 5.75 Å². The summed E-state index contributed by atoms with van der Waals surface area (Å²) in [5.74, 6) is -15.3. The molecular formula is C88H127N19O18. The number of aromatic hydroxyl groups is 1. The summed E-state index contributed by atoms with van der Waals surface area (Å²) in [7, 11) is 4.08. The van der Waals surface area contributed by atoms with Gasteiger partial charge in [0.2, 0.25) is 82.7 Å². The van der Waals surface area contributed by atoms with Gasteiger partial charge in [0.05, 0.1) is 37.2 Å². The molecule has 20 N–H and O–H groups in total. The molecule has 16 atom stereocenters. The first-order valence-corrected chi connectivity index (χ1v) is 43.3. The standard InChI is InChI=1S/C88H127N19O18/c1-12-14-25-68-83(120)100-63(36-48(5)6)81(118)95-49(7)77(114)94-46-74(112)96-64(37-51-28-30-55(108)31-29-51)85(122)104(9)50(8)78(115)101-66(42-73(91)111)87(124)107-34-20-27-69(107)84(121)103-67(43-90)82(119)99-62(35-47(3)4)76(113)75-72(110)41-61(97-75)71(109)40-52(38-53-44-92-58-23-18-16-21-56(53)58)79(116)98-60(32-33-89)80(117)102-65(39-54-45-93-59-24-19-17-22-57(54)59)86(123)106(11)70(26-15-13-2)88(125)105(68)10/h16-19,21-24,28-31,44-45,47-50,52,60-70,72,75,92-93,97,108,110H,12-15,20,25-27,32-43,46,89-90H2,1-11H3,(H2,91,111)(H,94,114)(H,95,118)(H,96,112)(H,98,116)(H,99,119)(H,100,120)(H,101,115)(H,102,117)(H,103,121)/t49-,50-,52+,60-,61-,62-,63-,64-,65-,66-,67-,68-,69-,70-,72+,75?/m0/s1. The number of likely N-dealkylation sites (N-methyl/N-ethyl adjacent to an activating group) is 3. The number of primary amides is 1. The van der Waals surface area contributed by atoms with Gasteiger partial charge in [0.15, 0.2) is 11.6 Å². The monoisotopic (exact) mass is 1740 g/mol. The van der Waals surface area contributed by atoms with E-state index in [1.54, 1.807) is 52.2 Å². The Kier molecular flexibility index (Phi) is 36.6. The van der Waals surface area contributed by atoms with Crippen molar-refractivity contribution in [2.75, 3.05) is 47.3 Å². The summed E-state index contributed by atoms with van der Waals surface area (Å²) in [6.45, 7) is 12.0. The van der Waals surface area contributed by atoms with Crippen LogP contribution in [0.1, 0.15) is 162 Å². The number of carbonyl (C=O) groups excluding carboxylic acids is 16. The van der Waals surface area contributed by atoms with Gasteiger partial charge in [-0.1, -0.05) is 116 Å². The summed E-state index contributed by atoms with van der Waals surface area (Å²) in [6.07, 6.45) is 1.97. The number of unbranched alkanes of at least 4 members (excludes halogenated alkanes) is 2. The maximum Gasteiger partial charge on any atom is 0.246 e. The molecule has 682 valence electrons. The van der Waals surface area contributed by atoms with Crippen molar-refractivity contribution in [2.45, 2.75) is 255 Å². The third kappa shape index (κ3) is 26.7. The van der Waals surface area contributed by atoms with E-state index in [4.69, 9.17) is 17.2 Å². The lowest BCUT2D eigenvalue weighted by Crippen LogP contribution is -2.61. The predicted molar refractivity (Wildman–Crippen MR) is 464 cm³/mol. The van der Waals surface area contributed by atoms with E-state index in [0.717, 1.165) is 15.2 Å². The van der Waals surface area contributed by atoms with Gasteiger partial charge in [-0.15, -0.1) is 0 Å². The summed E-state index contributed by atoms with van der Waals surface area (Å²) in [5, 5.41) is 50.3. The number of carbonyl (C=O) groups is 16. The number of amides is 14. The minimum absolute atomic E-state index is 0.0172. The van der Waals surface area contributed by atoms with Gasteiger partial charge in [0, 0.05) is 93.6 Å². The SMILES string of the molecule is CCCC[C@H]1C(=O)N(C)[C@@H](CCCC)C(=O)N[C@@H](CC(C)C)C(=O)N[C@@H](C)C(=O)NCC(=O)N[C@@H](Cc2ccc(O)cc2)C(=O)N(C)[C@@H](C)C(=O)N[C@@H](CC(N)=O)C(=O)N2CCC[C@H]2C(=O)N[C@@H](CN)C(=O)N[C@@H](CC(C)C)C(=O)C2N[C@@H](C[C@H]2O)C(=O)C[C@@H](Cc2c[nH]c3ccccc23)C(=O)N[C@@H](CCN)C(=O)N[C@@H](Cc2c[nH]c3ccccc23)C(=O)N1C. The molecule has 0 saturated carbocycles. The molecule has 14 amide bonds. The fourth-order valence-electron chi connectivity index (χ4n) is 16.3. The van der Waals surface area contributed by atoms with Gasteiger partial charge in [0.25, 0.3) is 0 Å². The fourth-order valence-corrected chi connectivity index (χ4v) is 16.3. The van der Waals surface area contributed by atoms with E-state index >= 15 is 19.2 Å². The second-order valence-electron chi connectivity index (χ2n) is 34.0. The van der Waals surface area contributed by atoms with Crippen LogP contribution in [-0.2, 0) is 96.0 Å². The van der Waals surface area contributed by atoms with E-state index in [2.05, 4.69) is 63.1 Å². The van der Waals surface area contributed by atoms with Gasteiger partial charge in [0.1, 0.15) is 72.2 Å². The highest BCUT2D eigenvalue weighted by Gasteiger charge is 2.47. The number of aliphatic hydroxyl groups is 1. The van der Waals surface area contributed by atoms with Crippen LogP contribution < -0.4 is 70.4 Å². The van der Waals surface area contributed by atoms with E-state index in [1.165, 1.54) is 69.1 Å². The molecule has 5 heterocycles. The molecular weight excluding hydrogens is 1610 g/mol. The molecule has 8 rings (SSSR count). The number of hydrogen-bond donors (Lipinski definition) is 17. The molecule has 5 aromatic rings. The largest absolute Gasteiger partial charge is 0.508 e. The number of ketones is 2. The quantitative estimate of drug-likeness (QED) is 0.0452. The Balaban J connectivity index is 1.14. The zero-order valence-electron chi connectivity index (χ0n) is 73.3. The summed E-state index contributed by atoms with van der Waals surface area (Å²) >= 11 is 0. The van der Waals surface area contributed by atoms with Crippen LogP contribution in [-0.4, -0.2) is 272 Å². The lowest BCUT2D eigenvalue weighted by molar-refractivity contribution is -0.149. The first-order valence-electron chi connectivity index (χ1n) is 43.3. The molecule has 37 heteroatoms. The number of benzene rings is 3. The van der Waals surface area contributed by atoms with Crippen LogP contribution in [0.4, 0.5) is 0 Å². The Bertz CT molecular complexity index is 4670. The zero-order valence-corrected chi connectivity index (χ0v) is 73.3. The molecule has 37 nitrogen and oxygen atoms in total. The average molecular weight is 1740 g/mol. The van der Waals surface area contributed by atoms with Gasteiger partial charge >= 0.3 is 0 Å². The lowest BCUT2D eigenvalue weighted by atomic mass is 9.90. The Morgan fingerprint density at radius 2 is 1.06 bits per heavy atom. The average Bonchev–Trinajstić information content (AvgIpc) is 1.79. The van der Waals surface area contributed by atoms with Crippen molar-refractivity contribution < 1.29 is 86.9 Å². The van der Waals surface area contributed by atoms with Crippen molar-refractivity contribution in [1.29, 1.82) is 0 Å². The maximum absolute atomic E-state index is 15.7. The van der Waals surface area contributed by atoms with Gasteiger partial charge in [-0.25, -0.2) is 0 Å². The number of fused-ring (bicyclic) bond motifs is 5. The van der Waals surface area contributed by atoms with Gasteiger partial charge < -0.3 is 105 Å². The predicted octanol–water partition coefficient (Wildman–Crippen LogP) is -0.206. The molecule has 2 aromatic heterocycles. The Morgan fingerprint density at radius 1 is 0.536 bits per heavy atom. The molecule has 0 radical (unpaired) electrons. The number of aromatic nitrogens is 2. The smallest absolute Gasteiger partial charge is 0.246 e. The van der Waals surface area contributed by atoms with Crippen LogP contribution >= 0.6 is 0 Å². The van der Waals surface area contributed by atoms with Crippen molar-refractivity contribution in [2.24, 2.45) is 35.0 Å². The van der Waals surface area contributed by atoms with Crippen LogP contribution in [0.25, 0.3) is 21.8 Å². The van der Waals surface area contributed by atoms with Crippen molar-refractivity contribution in [3.63, 3.8) is 0 Å². The Labute approximate surface area is 727 Å². The molecule has 3 saturated heterocycles. The van der Waals surface area contributed by atoms with Gasteiger partial charge in [-0.2, -0.15) is 0 Å². The zero-order chi connectivity index (χ0) is 91.8. The third-order valence-corrected chi connectivity index (χ3v) is 23.5. The number of aliphatic hydroxyl groups excluding tert-OH is 1. The molecule has 2 bridgehead atoms. The molecule has 3 aromatic carbocycles. The minimum Gasteiger partial charge on any atom is -0.508 e. The van der Waals surface area contributed by atoms with Crippen LogP contribution in [0.3, 0.4) is 0 Å². The van der Waals surface area contributed by atoms with Crippen molar-refractivity contribution in [3.8, 4) is 5.75 Å². The molecule has 125 heavy (non-hydrogen) atoms. The van der Waals surface area contributed by atoms with Crippen LogP contribution in [0.2, 0.25) is 0 Å². The summed E-state index contributed by atoms with van der Waals surface area (Å²) in [4.78, 5) is 245. The topological polar surface area (TPSA) is 556 Å². The molecule has 1 unspecified atom stereocenters. The van der Waals surface area contributed by atoms with Crippen molar-refractivity contribution in [3.05, 3.63) is 102 Å². The third-order valence-electron chi connectivity index (χ3n) is 23.5. The normalized spacial score (nSPS) is 26.6. The summed E-state index contributed by atoms with van der Waals surface area (Å²) in [5.41, 5.74) is 21.1. The van der Waals surface area contributed by atoms with Crippen LogP contribution in [0.15, 0.2) is 85.2 Å². The number of nitrogens with two attached hydrogens (primary N) is 3. The number of rotatable bonds is 21. The van der Waals surface area contributed by atoms with Gasteiger partial charge in [-0.3, -0.25) is 82.0 Å². The summed E-state index contributed by atoms with van der Waals surface area (Å²) < 4.78 is 0. The van der Waals surface area contributed by atoms with Crippen molar-refractivity contribution >= 4 is 116 Å². The van der Waals surface area contributed by atoms with E-state index < -0.39 is 217 Å². The van der Waals surface area contributed by atoms with Crippen molar-refractivity contribution in [1.82, 2.24) is 82.7 Å². The van der Waals surface area contributed by atoms with Gasteiger partial charge in [-0.05, 0) is 131 Å². The molecule has 0 spiro atoms. The number of nitrogens with one attached hydrogen (secondary N) is 12. The number of phenols is 1. The van der Waals surface area contributed by atoms with Crippen LogP contribution in [0, 0.1) is 17.8 Å². The lowest BCUT2D eigenvalue weighted by Gasteiger charge is -2.36.